The first-order valence-electron chi connectivity index (χ1n) is 9.04. The van der Waals surface area contributed by atoms with Crippen LogP contribution in [-0.2, 0) is 14.3 Å². The van der Waals surface area contributed by atoms with Gasteiger partial charge in [0.2, 0.25) is 0 Å². The average Bonchev–Trinajstić information content (AvgIpc) is 2.93. The third kappa shape index (κ3) is 3.96. The molecule has 5 nitrogen and oxygen atoms in total. The van der Waals surface area contributed by atoms with Crippen molar-refractivity contribution in [3.63, 3.8) is 0 Å². The van der Waals surface area contributed by atoms with E-state index in [4.69, 9.17) is 16.3 Å². The van der Waals surface area contributed by atoms with E-state index in [2.05, 4.69) is 0 Å². The lowest BCUT2D eigenvalue weighted by Gasteiger charge is -2.25. The topological polar surface area (TPSA) is 66.8 Å². The highest BCUT2D eigenvalue weighted by atomic mass is 35.5. The molecule has 0 aromatic heterocycles. The first-order chi connectivity index (χ1) is 13.4. The van der Waals surface area contributed by atoms with Crippen molar-refractivity contribution >= 4 is 29.1 Å². The van der Waals surface area contributed by atoms with Gasteiger partial charge in [-0.05, 0) is 31.0 Å². The molecule has 1 saturated heterocycles. The zero-order chi connectivity index (χ0) is 20.3. The Morgan fingerprint density at radius 3 is 2.54 bits per heavy atom. The lowest BCUT2D eigenvalue weighted by molar-refractivity contribution is -0.140. The fourth-order valence-corrected chi connectivity index (χ4v) is 3.58. The molecule has 1 N–H and O–H groups in total. The van der Waals surface area contributed by atoms with E-state index >= 15 is 0 Å². The minimum Gasteiger partial charge on any atom is -0.507 e. The van der Waals surface area contributed by atoms with Gasteiger partial charge in [0.25, 0.3) is 11.7 Å². The maximum absolute atomic E-state index is 12.8. The number of carbonyl (C=O) groups excluding carboxylic acids is 2. The smallest absolute Gasteiger partial charge is 0.295 e. The molecule has 2 aromatic carbocycles. The average molecular weight is 400 g/mol. The van der Waals surface area contributed by atoms with Gasteiger partial charge in [0.15, 0.2) is 0 Å². The van der Waals surface area contributed by atoms with Gasteiger partial charge in [-0.3, -0.25) is 9.59 Å². The van der Waals surface area contributed by atoms with Crippen LogP contribution in [0.15, 0.2) is 54.1 Å². The van der Waals surface area contributed by atoms with E-state index in [1.54, 1.807) is 43.5 Å². The van der Waals surface area contributed by atoms with Crippen LogP contribution >= 0.6 is 11.6 Å². The standard InChI is InChI=1S/C22H22ClNO4/c1-14-7-9-15(10-8-14)20(25)18-19(16-5-3-6-17(23)13-16)24(11-4-12-28-2)22(27)21(18)26/h3,5-10,13,19,25H,4,11-12H2,1-2H3/b20-18+. The molecule has 146 valence electrons. The van der Waals surface area contributed by atoms with Crippen molar-refractivity contribution in [1.29, 1.82) is 0 Å². The van der Waals surface area contributed by atoms with Crippen LogP contribution < -0.4 is 0 Å². The molecule has 3 rings (SSSR count). The van der Waals surface area contributed by atoms with Crippen molar-refractivity contribution in [3.8, 4) is 0 Å². The van der Waals surface area contributed by atoms with Crippen molar-refractivity contribution in [2.45, 2.75) is 19.4 Å². The third-order valence-electron chi connectivity index (χ3n) is 4.78. The number of halogens is 1. The van der Waals surface area contributed by atoms with E-state index in [1.165, 1.54) is 4.90 Å². The lowest BCUT2D eigenvalue weighted by Crippen LogP contribution is -2.31. The van der Waals surface area contributed by atoms with Gasteiger partial charge in [0.05, 0.1) is 11.6 Å². The van der Waals surface area contributed by atoms with Gasteiger partial charge >= 0.3 is 0 Å². The first kappa shape index (κ1) is 20.1. The predicted octanol–water partition coefficient (Wildman–Crippen LogP) is 4.11. The summed E-state index contributed by atoms with van der Waals surface area (Å²) in [7, 11) is 1.58. The number of hydrogen-bond acceptors (Lipinski definition) is 4. The first-order valence-corrected chi connectivity index (χ1v) is 9.41. The number of ether oxygens (including phenoxy) is 1. The van der Waals surface area contributed by atoms with Crippen molar-refractivity contribution < 1.29 is 19.4 Å². The zero-order valence-corrected chi connectivity index (χ0v) is 16.6. The molecule has 1 unspecified atom stereocenters. The number of Topliss-reactive ketones (excluding diaryl/α,β-unsaturated/α-hetero) is 1. The van der Waals surface area contributed by atoms with Crippen molar-refractivity contribution in [3.05, 3.63) is 75.8 Å². The fourth-order valence-electron chi connectivity index (χ4n) is 3.38. The number of amides is 1. The van der Waals surface area contributed by atoms with Gasteiger partial charge < -0.3 is 14.7 Å². The van der Waals surface area contributed by atoms with E-state index in [1.807, 2.05) is 19.1 Å². The van der Waals surface area contributed by atoms with E-state index in [0.717, 1.165) is 5.56 Å². The highest BCUT2D eigenvalue weighted by molar-refractivity contribution is 6.46. The summed E-state index contributed by atoms with van der Waals surface area (Å²) in [5.74, 6) is -1.51. The second-order valence-corrected chi connectivity index (χ2v) is 7.20. The Kier molecular flexibility index (Phi) is 6.17. The monoisotopic (exact) mass is 399 g/mol. The second-order valence-electron chi connectivity index (χ2n) is 6.76. The van der Waals surface area contributed by atoms with Gasteiger partial charge in [-0.25, -0.2) is 0 Å². The Bertz CT molecular complexity index is 920. The van der Waals surface area contributed by atoms with Crippen LogP contribution in [0.1, 0.15) is 29.2 Å². The minimum atomic E-state index is -0.697. The maximum Gasteiger partial charge on any atom is 0.295 e. The minimum absolute atomic E-state index is 0.0773. The summed E-state index contributed by atoms with van der Waals surface area (Å²) >= 11 is 6.15. The number of aliphatic hydroxyl groups excluding tert-OH is 1. The summed E-state index contributed by atoms with van der Waals surface area (Å²) < 4.78 is 5.07. The largest absolute Gasteiger partial charge is 0.507 e. The maximum atomic E-state index is 12.8. The van der Waals surface area contributed by atoms with Crippen LogP contribution in [-0.4, -0.2) is 42.0 Å². The molecule has 0 aliphatic carbocycles. The Balaban J connectivity index is 2.12. The van der Waals surface area contributed by atoms with E-state index in [9.17, 15) is 14.7 Å². The van der Waals surface area contributed by atoms with Gasteiger partial charge in [0, 0.05) is 30.8 Å². The number of carbonyl (C=O) groups is 2. The molecule has 1 heterocycles. The number of hydrogen-bond donors (Lipinski definition) is 1. The number of aliphatic hydroxyl groups is 1. The molecule has 1 fully saturated rings. The molecule has 1 aliphatic rings. The normalized spacial score (nSPS) is 18.7. The van der Waals surface area contributed by atoms with Gasteiger partial charge in [-0.2, -0.15) is 0 Å². The molecular weight excluding hydrogens is 378 g/mol. The summed E-state index contributed by atoms with van der Waals surface area (Å²) in [6, 6.07) is 13.5. The Morgan fingerprint density at radius 1 is 1.18 bits per heavy atom. The lowest BCUT2D eigenvalue weighted by atomic mass is 9.95. The summed E-state index contributed by atoms with van der Waals surface area (Å²) in [6.45, 7) is 2.73. The molecule has 0 radical (unpaired) electrons. The Hall–Kier alpha value is -2.63. The quantitative estimate of drug-likeness (QED) is 0.343. The molecule has 1 aliphatic heterocycles. The summed E-state index contributed by atoms with van der Waals surface area (Å²) in [4.78, 5) is 27.0. The Morgan fingerprint density at radius 2 is 1.89 bits per heavy atom. The molecule has 6 heteroatoms. The van der Waals surface area contributed by atoms with E-state index < -0.39 is 17.7 Å². The van der Waals surface area contributed by atoms with E-state index in [-0.39, 0.29) is 11.3 Å². The molecule has 1 atom stereocenters. The van der Waals surface area contributed by atoms with Crippen molar-refractivity contribution in [2.24, 2.45) is 0 Å². The van der Waals surface area contributed by atoms with Crippen molar-refractivity contribution in [1.82, 2.24) is 4.90 Å². The number of benzene rings is 2. The number of methoxy groups -OCH3 is 1. The molecule has 0 spiro atoms. The molecule has 28 heavy (non-hydrogen) atoms. The molecule has 0 saturated carbocycles. The van der Waals surface area contributed by atoms with E-state index in [0.29, 0.717) is 35.7 Å². The number of likely N-dealkylation sites (tertiary alicyclic amines) is 1. The van der Waals surface area contributed by atoms with Crippen molar-refractivity contribution in [2.75, 3.05) is 20.3 Å². The molecule has 2 aromatic rings. The zero-order valence-electron chi connectivity index (χ0n) is 15.8. The highest BCUT2D eigenvalue weighted by Gasteiger charge is 2.45. The predicted molar refractivity (Wildman–Crippen MR) is 108 cm³/mol. The van der Waals surface area contributed by atoms with Crippen LogP contribution in [0.3, 0.4) is 0 Å². The number of aryl methyl sites for hydroxylation is 1. The van der Waals surface area contributed by atoms with Crippen LogP contribution in [0, 0.1) is 6.92 Å². The highest BCUT2D eigenvalue weighted by Crippen LogP contribution is 2.40. The summed E-state index contributed by atoms with van der Waals surface area (Å²) in [6.07, 6.45) is 0.575. The van der Waals surface area contributed by atoms with Crippen LogP contribution in [0.25, 0.3) is 5.76 Å². The second kappa shape index (κ2) is 8.59. The van der Waals surface area contributed by atoms with Crippen LogP contribution in [0.4, 0.5) is 0 Å². The van der Waals surface area contributed by atoms with Crippen LogP contribution in [0.2, 0.25) is 5.02 Å². The number of ketones is 1. The molecular formula is C22H22ClNO4. The number of rotatable bonds is 6. The Labute approximate surface area is 169 Å². The van der Waals surface area contributed by atoms with Crippen LogP contribution in [0.5, 0.6) is 0 Å². The molecule has 0 bridgehead atoms. The van der Waals surface area contributed by atoms with Gasteiger partial charge in [-0.1, -0.05) is 53.6 Å². The number of nitrogens with zero attached hydrogens (tertiary/aromatic N) is 1. The summed E-state index contributed by atoms with van der Waals surface area (Å²) in [5, 5.41) is 11.4. The third-order valence-corrected chi connectivity index (χ3v) is 5.01. The molecule has 1 amide bonds. The summed E-state index contributed by atoms with van der Waals surface area (Å²) in [5.41, 5.74) is 2.28. The fraction of sp³-hybridized carbons (Fsp3) is 0.273. The SMILES string of the molecule is COCCCN1C(=O)C(=O)/C(=C(/O)c2ccc(C)cc2)C1c1cccc(Cl)c1. The van der Waals surface area contributed by atoms with Gasteiger partial charge in [0.1, 0.15) is 5.76 Å². The van der Waals surface area contributed by atoms with Gasteiger partial charge in [-0.15, -0.1) is 0 Å².